The van der Waals surface area contributed by atoms with Crippen molar-refractivity contribution in [2.45, 2.75) is 12.5 Å². The molecule has 15 heavy (non-hydrogen) atoms. The average molecular weight is 274 g/mol. The van der Waals surface area contributed by atoms with Gasteiger partial charge in [-0.15, -0.1) is 0 Å². The monoisotopic (exact) mass is 273 g/mol. The van der Waals surface area contributed by atoms with Crippen molar-refractivity contribution in [3.63, 3.8) is 0 Å². The molecule has 82 valence electrons. The number of hydrogen-bond acceptors (Lipinski definition) is 3. The van der Waals surface area contributed by atoms with Gasteiger partial charge < -0.3 is 15.6 Å². The Bertz CT molecular complexity index is 368. The van der Waals surface area contributed by atoms with Crippen molar-refractivity contribution in [3.05, 3.63) is 28.2 Å². The summed E-state index contributed by atoms with van der Waals surface area (Å²) in [6, 6.07) is 4.78. The van der Waals surface area contributed by atoms with E-state index in [2.05, 4.69) is 15.9 Å². The van der Waals surface area contributed by atoms with Crippen molar-refractivity contribution in [1.82, 2.24) is 0 Å². The van der Waals surface area contributed by atoms with Gasteiger partial charge in [-0.25, -0.2) is 0 Å². The van der Waals surface area contributed by atoms with Gasteiger partial charge in [0.2, 0.25) is 0 Å². The zero-order valence-corrected chi connectivity index (χ0v) is 9.82. The molecule has 0 radical (unpaired) electrons. The van der Waals surface area contributed by atoms with Crippen molar-refractivity contribution >= 4 is 21.9 Å². The smallest absolute Gasteiger partial charge is 0.305 e. The van der Waals surface area contributed by atoms with Crippen LogP contribution in [0.1, 0.15) is 18.0 Å². The minimum atomic E-state index is -0.926. The molecule has 0 spiro atoms. The van der Waals surface area contributed by atoms with Crippen LogP contribution in [0.25, 0.3) is 0 Å². The van der Waals surface area contributed by atoms with Crippen LogP contribution in [0.4, 0.5) is 0 Å². The van der Waals surface area contributed by atoms with Crippen LogP contribution in [0.5, 0.6) is 5.75 Å². The van der Waals surface area contributed by atoms with Crippen LogP contribution in [-0.4, -0.2) is 18.2 Å². The Kier molecular flexibility index (Phi) is 4.11. The van der Waals surface area contributed by atoms with E-state index < -0.39 is 12.0 Å². The maximum atomic E-state index is 10.5. The Hall–Kier alpha value is -1.07. The fraction of sp³-hybridized carbons (Fsp3) is 0.300. The fourth-order valence-corrected chi connectivity index (χ4v) is 1.67. The molecular weight excluding hydrogens is 262 g/mol. The summed E-state index contributed by atoms with van der Waals surface area (Å²) in [4.78, 5) is 10.5. The molecule has 1 atom stereocenters. The molecule has 3 N–H and O–H groups in total. The Morgan fingerprint density at radius 2 is 2.33 bits per heavy atom. The van der Waals surface area contributed by atoms with E-state index in [0.717, 1.165) is 4.47 Å². The van der Waals surface area contributed by atoms with Gasteiger partial charge in [0.1, 0.15) is 5.75 Å². The Balaban J connectivity index is 2.99. The SMILES string of the molecule is COc1ccc(Br)cc1[C@H](N)CC(=O)O. The molecule has 1 rings (SSSR count). The summed E-state index contributed by atoms with van der Waals surface area (Å²) in [5.41, 5.74) is 6.45. The summed E-state index contributed by atoms with van der Waals surface area (Å²) < 4.78 is 5.96. The number of halogens is 1. The molecule has 1 aromatic rings. The van der Waals surface area contributed by atoms with E-state index in [1.54, 1.807) is 12.1 Å². The first-order valence-corrected chi connectivity index (χ1v) is 5.14. The highest BCUT2D eigenvalue weighted by Crippen LogP contribution is 2.28. The molecule has 0 bridgehead atoms. The average Bonchev–Trinajstić information content (AvgIpc) is 2.16. The summed E-state index contributed by atoms with van der Waals surface area (Å²) in [7, 11) is 1.53. The normalized spacial score (nSPS) is 12.2. The lowest BCUT2D eigenvalue weighted by molar-refractivity contribution is -0.137. The van der Waals surface area contributed by atoms with Gasteiger partial charge in [0.25, 0.3) is 0 Å². The number of nitrogens with two attached hydrogens (primary N) is 1. The highest BCUT2D eigenvalue weighted by atomic mass is 79.9. The minimum absolute atomic E-state index is 0.118. The molecule has 0 saturated heterocycles. The van der Waals surface area contributed by atoms with E-state index in [-0.39, 0.29) is 6.42 Å². The second-order valence-electron chi connectivity index (χ2n) is 3.09. The zero-order valence-electron chi connectivity index (χ0n) is 8.24. The first-order valence-electron chi connectivity index (χ1n) is 4.35. The van der Waals surface area contributed by atoms with Gasteiger partial charge in [-0.2, -0.15) is 0 Å². The topological polar surface area (TPSA) is 72.5 Å². The molecule has 0 aromatic heterocycles. The Morgan fingerprint density at radius 1 is 1.67 bits per heavy atom. The lowest BCUT2D eigenvalue weighted by Crippen LogP contribution is -2.15. The molecular formula is C10H12BrNO3. The third kappa shape index (κ3) is 3.21. The van der Waals surface area contributed by atoms with Gasteiger partial charge >= 0.3 is 5.97 Å². The van der Waals surface area contributed by atoms with Gasteiger partial charge in [0.05, 0.1) is 13.5 Å². The number of rotatable bonds is 4. The predicted molar refractivity (Wildman–Crippen MR) is 59.9 cm³/mol. The van der Waals surface area contributed by atoms with Crippen LogP contribution >= 0.6 is 15.9 Å². The molecule has 0 aliphatic heterocycles. The van der Waals surface area contributed by atoms with Gasteiger partial charge in [-0.1, -0.05) is 15.9 Å². The van der Waals surface area contributed by atoms with E-state index in [1.165, 1.54) is 7.11 Å². The molecule has 0 aliphatic rings. The molecule has 0 saturated carbocycles. The fourth-order valence-electron chi connectivity index (χ4n) is 1.29. The number of hydrogen-bond donors (Lipinski definition) is 2. The predicted octanol–water partition coefficient (Wildman–Crippen LogP) is 1.93. The number of benzene rings is 1. The van der Waals surface area contributed by atoms with E-state index >= 15 is 0 Å². The second-order valence-corrected chi connectivity index (χ2v) is 4.01. The van der Waals surface area contributed by atoms with Gasteiger partial charge in [-0.05, 0) is 18.2 Å². The molecule has 1 aromatic carbocycles. The highest BCUT2D eigenvalue weighted by Gasteiger charge is 2.15. The maximum absolute atomic E-state index is 10.5. The van der Waals surface area contributed by atoms with Crippen LogP contribution in [0.15, 0.2) is 22.7 Å². The largest absolute Gasteiger partial charge is 0.496 e. The van der Waals surface area contributed by atoms with E-state index in [4.69, 9.17) is 15.6 Å². The van der Waals surface area contributed by atoms with E-state index in [1.807, 2.05) is 6.07 Å². The number of methoxy groups -OCH3 is 1. The van der Waals surface area contributed by atoms with Crippen LogP contribution in [-0.2, 0) is 4.79 Å². The van der Waals surface area contributed by atoms with E-state index in [9.17, 15) is 4.79 Å². The summed E-state index contributed by atoms with van der Waals surface area (Å²) in [5, 5.41) is 8.65. The maximum Gasteiger partial charge on any atom is 0.305 e. The lowest BCUT2D eigenvalue weighted by atomic mass is 10.0. The first kappa shape index (κ1) is 12.0. The third-order valence-electron chi connectivity index (χ3n) is 1.99. The summed E-state index contributed by atoms with van der Waals surface area (Å²) in [6.45, 7) is 0. The summed E-state index contributed by atoms with van der Waals surface area (Å²) in [5.74, 6) is -0.323. The van der Waals surface area contributed by atoms with Crippen molar-refractivity contribution in [2.24, 2.45) is 5.73 Å². The molecule has 0 amide bonds. The number of carbonyl (C=O) groups is 1. The Labute approximate surface area is 96.2 Å². The van der Waals surface area contributed by atoms with Gasteiger partial charge in [-0.3, -0.25) is 4.79 Å². The van der Waals surface area contributed by atoms with Crippen LogP contribution in [0, 0.1) is 0 Å². The van der Waals surface area contributed by atoms with Crippen molar-refractivity contribution in [1.29, 1.82) is 0 Å². The van der Waals surface area contributed by atoms with Crippen molar-refractivity contribution in [2.75, 3.05) is 7.11 Å². The van der Waals surface area contributed by atoms with Crippen LogP contribution in [0.3, 0.4) is 0 Å². The number of aliphatic carboxylic acids is 1. The summed E-state index contributed by atoms with van der Waals surface area (Å²) >= 11 is 3.30. The molecule has 4 nitrogen and oxygen atoms in total. The first-order chi connectivity index (χ1) is 7.04. The molecule has 0 unspecified atom stereocenters. The van der Waals surface area contributed by atoms with Gasteiger partial charge in [0.15, 0.2) is 0 Å². The zero-order chi connectivity index (χ0) is 11.4. The minimum Gasteiger partial charge on any atom is -0.496 e. The highest BCUT2D eigenvalue weighted by molar-refractivity contribution is 9.10. The molecule has 0 heterocycles. The second kappa shape index (κ2) is 5.14. The Morgan fingerprint density at radius 3 is 2.87 bits per heavy atom. The molecule has 5 heteroatoms. The standard InChI is InChI=1S/C10H12BrNO3/c1-15-9-3-2-6(11)4-7(9)8(12)5-10(13)14/h2-4,8H,5,12H2,1H3,(H,13,14)/t8-/m1/s1. The quantitative estimate of drug-likeness (QED) is 0.880. The van der Waals surface area contributed by atoms with Crippen LogP contribution in [0.2, 0.25) is 0 Å². The summed E-state index contributed by atoms with van der Waals surface area (Å²) in [6.07, 6.45) is -0.118. The van der Waals surface area contributed by atoms with Crippen molar-refractivity contribution < 1.29 is 14.6 Å². The van der Waals surface area contributed by atoms with E-state index in [0.29, 0.717) is 11.3 Å². The lowest BCUT2D eigenvalue weighted by Gasteiger charge is -2.14. The van der Waals surface area contributed by atoms with Gasteiger partial charge in [0, 0.05) is 16.1 Å². The number of carboxylic acids is 1. The van der Waals surface area contributed by atoms with Crippen molar-refractivity contribution in [3.8, 4) is 5.75 Å². The number of ether oxygens (including phenoxy) is 1. The molecule has 0 fully saturated rings. The number of carboxylic acid groups (broad SMARTS) is 1. The third-order valence-corrected chi connectivity index (χ3v) is 2.48. The molecule has 0 aliphatic carbocycles. The van der Waals surface area contributed by atoms with Crippen LogP contribution < -0.4 is 10.5 Å².